The van der Waals surface area contributed by atoms with E-state index in [0.29, 0.717) is 32.2 Å². The molecule has 0 heterocycles. The van der Waals surface area contributed by atoms with Crippen molar-refractivity contribution in [3.8, 4) is 0 Å². The molecule has 0 saturated carbocycles. The fourth-order valence-electron chi connectivity index (χ4n) is 1.88. The first-order valence-electron chi connectivity index (χ1n) is 6.55. The summed E-state index contributed by atoms with van der Waals surface area (Å²) >= 11 is 0. The van der Waals surface area contributed by atoms with E-state index in [9.17, 15) is 10.2 Å². The SMILES string of the molecule is COCCOCC(O)CNCC(C)(O)CC(C)C. The van der Waals surface area contributed by atoms with Crippen LogP contribution >= 0.6 is 0 Å². The number of methoxy groups -OCH3 is 1. The molecular formula is C13H29NO4. The molecule has 2 atom stereocenters. The fraction of sp³-hybridized carbons (Fsp3) is 1.00. The molecule has 0 aliphatic rings. The van der Waals surface area contributed by atoms with Crippen LogP contribution in [0, 0.1) is 5.92 Å². The van der Waals surface area contributed by atoms with Gasteiger partial charge in [-0.1, -0.05) is 13.8 Å². The Morgan fingerprint density at radius 2 is 1.94 bits per heavy atom. The summed E-state index contributed by atoms with van der Waals surface area (Å²) in [5, 5.41) is 22.7. The van der Waals surface area contributed by atoms with Crippen LogP contribution in [0.15, 0.2) is 0 Å². The predicted octanol–water partition coefficient (Wildman–Crippen LogP) is 0.397. The Morgan fingerprint density at radius 1 is 1.28 bits per heavy atom. The van der Waals surface area contributed by atoms with E-state index in [2.05, 4.69) is 19.2 Å². The van der Waals surface area contributed by atoms with Crippen LogP contribution in [-0.4, -0.2) is 61.9 Å². The second kappa shape index (κ2) is 9.69. The van der Waals surface area contributed by atoms with Crippen molar-refractivity contribution >= 4 is 0 Å². The summed E-state index contributed by atoms with van der Waals surface area (Å²) in [6.07, 6.45) is 0.178. The molecule has 110 valence electrons. The number of aliphatic hydroxyl groups is 2. The summed E-state index contributed by atoms with van der Waals surface area (Å²) in [7, 11) is 1.61. The lowest BCUT2D eigenvalue weighted by Crippen LogP contribution is -2.42. The Morgan fingerprint density at radius 3 is 2.50 bits per heavy atom. The number of hydrogen-bond donors (Lipinski definition) is 3. The molecule has 0 saturated heterocycles. The van der Waals surface area contributed by atoms with E-state index in [1.807, 2.05) is 6.92 Å². The van der Waals surface area contributed by atoms with E-state index in [1.54, 1.807) is 7.11 Å². The lowest BCUT2D eigenvalue weighted by Gasteiger charge is -2.26. The molecule has 0 aliphatic carbocycles. The molecule has 5 heteroatoms. The van der Waals surface area contributed by atoms with E-state index < -0.39 is 11.7 Å². The molecule has 18 heavy (non-hydrogen) atoms. The minimum Gasteiger partial charge on any atom is -0.389 e. The third-order valence-electron chi connectivity index (χ3n) is 2.48. The number of nitrogens with one attached hydrogen (secondary N) is 1. The van der Waals surface area contributed by atoms with Crippen LogP contribution in [-0.2, 0) is 9.47 Å². The monoisotopic (exact) mass is 263 g/mol. The van der Waals surface area contributed by atoms with E-state index in [-0.39, 0.29) is 6.61 Å². The van der Waals surface area contributed by atoms with Crippen molar-refractivity contribution in [1.29, 1.82) is 0 Å². The van der Waals surface area contributed by atoms with E-state index in [4.69, 9.17) is 9.47 Å². The molecule has 0 radical (unpaired) electrons. The average molecular weight is 263 g/mol. The molecule has 0 spiro atoms. The summed E-state index contributed by atoms with van der Waals surface area (Å²) < 4.78 is 10.0. The Labute approximate surface area is 110 Å². The molecule has 0 aromatic carbocycles. The largest absolute Gasteiger partial charge is 0.389 e. The Hall–Kier alpha value is -0.200. The zero-order chi connectivity index (χ0) is 14.0. The summed E-state index contributed by atoms with van der Waals surface area (Å²) in [4.78, 5) is 0. The van der Waals surface area contributed by atoms with Gasteiger partial charge in [0.05, 0.1) is 31.5 Å². The number of ether oxygens (including phenoxy) is 2. The molecule has 0 aromatic rings. The van der Waals surface area contributed by atoms with E-state index in [0.717, 1.165) is 6.42 Å². The van der Waals surface area contributed by atoms with Crippen LogP contribution < -0.4 is 5.32 Å². The standard InChI is InChI=1S/C13H29NO4/c1-11(2)7-13(3,16)10-14-8-12(15)9-18-6-5-17-4/h11-12,14-16H,5-10H2,1-4H3. The van der Waals surface area contributed by atoms with Gasteiger partial charge in [0.1, 0.15) is 0 Å². The van der Waals surface area contributed by atoms with Crippen LogP contribution in [0.2, 0.25) is 0 Å². The molecule has 0 rings (SSSR count). The maximum Gasteiger partial charge on any atom is 0.0897 e. The third kappa shape index (κ3) is 10.9. The molecule has 0 aliphatic heterocycles. The topological polar surface area (TPSA) is 71.0 Å². The normalized spacial score (nSPS) is 16.8. The summed E-state index contributed by atoms with van der Waals surface area (Å²) in [6.45, 7) is 8.15. The predicted molar refractivity (Wildman–Crippen MR) is 71.7 cm³/mol. The van der Waals surface area contributed by atoms with E-state index >= 15 is 0 Å². The summed E-state index contributed by atoms with van der Waals surface area (Å²) in [5.41, 5.74) is -0.731. The first-order chi connectivity index (χ1) is 8.37. The Balaban J connectivity index is 3.57. The molecule has 0 aromatic heterocycles. The van der Waals surface area contributed by atoms with Crippen LogP contribution in [0.25, 0.3) is 0 Å². The van der Waals surface area contributed by atoms with Crippen molar-refractivity contribution in [1.82, 2.24) is 5.32 Å². The van der Waals surface area contributed by atoms with Crippen molar-refractivity contribution in [3.63, 3.8) is 0 Å². The van der Waals surface area contributed by atoms with Gasteiger partial charge >= 0.3 is 0 Å². The van der Waals surface area contributed by atoms with Gasteiger partial charge in [-0.15, -0.1) is 0 Å². The Bertz CT molecular complexity index is 197. The number of rotatable bonds is 11. The molecule has 2 unspecified atom stereocenters. The van der Waals surface area contributed by atoms with E-state index in [1.165, 1.54) is 0 Å². The van der Waals surface area contributed by atoms with Crippen LogP contribution in [0.1, 0.15) is 27.2 Å². The summed E-state index contributed by atoms with van der Waals surface area (Å²) in [5.74, 6) is 0.448. The van der Waals surface area contributed by atoms with Gasteiger partial charge < -0.3 is 25.0 Å². The van der Waals surface area contributed by atoms with Gasteiger partial charge in [-0.25, -0.2) is 0 Å². The highest BCUT2D eigenvalue weighted by molar-refractivity contribution is 4.77. The molecule has 3 N–H and O–H groups in total. The first-order valence-corrected chi connectivity index (χ1v) is 6.55. The van der Waals surface area contributed by atoms with Crippen molar-refractivity contribution in [2.75, 3.05) is 40.0 Å². The van der Waals surface area contributed by atoms with Gasteiger partial charge in [-0.3, -0.25) is 0 Å². The lowest BCUT2D eigenvalue weighted by molar-refractivity contribution is 0.00655. The fourth-order valence-corrected chi connectivity index (χ4v) is 1.88. The van der Waals surface area contributed by atoms with Gasteiger partial charge in [-0.2, -0.15) is 0 Å². The second-order valence-electron chi connectivity index (χ2n) is 5.45. The number of hydrogen-bond acceptors (Lipinski definition) is 5. The molecule has 5 nitrogen and oxygen atoms in total. The highest BCUT2D eigenvalue weighted by Gasteiger charge is 2.21. The maximum atomic E-state index is 10.1. The van der Waals surface area contributed by atoms with Crippen molar-refractivity contribution in [2.24, 2.45) is 5.92 Å². The highest BCUT2D eigenvalue weighted by Crippen LogP contribution is 2.14. The smallest absolute Gasteiger partial charge is 0.0897 e. The summed E-state index contributed by atoms with van der Waals surface area (Å²) in [6, 6.07) is 0. The van der Waals surface area contributed by atoms with Crippen molar-refractivity contribution in [3.05, 3.63) is 0 Å². The molecule has 0 amide bonds. The van der Waals surface area contributed by atoms with Crippen LogP contribution in [0.3, 0.4) is 0 Å². The third-order valence-corrected chi connectivity index (χ3v) is 2.48. The lowest BCUT2D eigenvalue weighted by atomic mass is 9.94. The second-order valence-corrected chi connectivity index (χ2v) is 5.45. The van der Waals surface area contributed by atoms with Gasteiger partial charge in [0.25, 0.3) is 0 Å². The van der Waals surface area contributed by atoms with Gasteiger partial charge in [-0.05, 0) is 19.3 Å². The molecule has 0 fully saturated rings. The van der Waals surface area contributed by atoms with Crippen LogP contribution in [0.5, 0.6) is 0 Å². The average Bonchev–Trinajstić information content (AvgIpc) is 2.22. The zero-order valence-electron chi connectivity index (χ0n) is 12.1. The Kier molecular flexibility index (Phi) is 9.59. The van der Waals surface area contributed by atoms with Gasteiger partial charge in [0.15, 0.2) is 0 Å². The van der Waals surface area contributed by atoms with Crippen LogP contribution in [0.4, 0.5) is 0 Å². The van der Waals surface area contributed by atoms with Gasteiger partial charge in [0.2, 0.25) is 0 Å². The molecule has 0 bridgehead atoms. The minimum absolute atomic E-state index is 0.280. The van der Waals surface area contributed by atoms with Crippen molar-refractivity contribution < 1.29 is 19.7 Å². The maximum absolute atomic E-state index is 10.1. The highest BCUT2D eigenvalue weighted by atomic mass is 16.5. The molecular weight excluding hydrogens is 234 g/mol. The minimum atomic E-state index is -0.731. The zero-order valence-corrected chi connectivity index (χ0v) is 12.1. The quantitative estimate of drug-likeness (QED) is 0.471. The number of aliphatic hydroxyl groups excluding tert-OH is 1. The van der Waals surface area contributed by atoms with Crippen molar-refractivity contribution in [2.45, 2.75) is 38.9 Å². The van der Waals surface area contributed by atoms with Gasteiger partial charge in [0, 0.05) is 20.2 Å². The first kappa shape index (κ1) is 17.8.